The molecule has 3 aromatic rings. The number of hydrogen-bond donors (Lipinski definition) is 0. The second kappa shape index (κ2) is 5.92. The van der Waals surface area contributed by atoms with Crippen molar-refractivity contribution in [2.75, 3.05) is 0 Å². The van der Waals surface area contributed by atoms with Gasteiger partial charge in [-0.05, 0) is 12.1 Å². The molecule has 0 spiro atoms. The minimum absolute atomic E-state index is 0.190. The Bertz CT molecular complexity index is 923. The maximum Gasteiger partial charge on any atom is 0.339 e. The average molecular weight is 327 g/mol. The van der Waals surface area contributed by atoms with Crippen LogP contribution >= 0.6 is 0 Å². The SMILES string of the molecule is CC(C)(C)C(=O)C(Oc1cc(=O)oc2ccccc12)n1cncn1. The van der Waals surface area contributed by atoms with Crippen LogP contribution in [0.15, 0.2) is 52.2 Å². The topological polar surface area (TPSA) is 87.2 Å². The summed E-state index contributed by atoms with van der Waals surface area (Å²) in [6, 6.07) is 8.20. The number of rotatable bonds is 4. The maximum absolute atomic E-state index is 12.8. The zero-order valence-corrected chi connectivity index (χ0v) is 13.6. The molecule has 0 aliphatic heterocycles. The van der Waals surface area contributed by atoms with Gasteiger partial charge in [0.25, 0.3) is 6.23 Å². The first kappa shape index (κ1) is 15.9. The molecule has 0 bridgehead atoms. The minimum Gasteiger partial charge on any atom is -0.460 e. The van der Waals surface area contributed by atoms with Crippen LogP contribution in [0.3, 0.4) is 0 Å². The van der Waals surface area contributed by atoms with Crippen molar-refractivity contribution >= 4 is 16.8 Å². The molecule has 7 heteroatoms. The Morgan fingerprint density at radius 1 is 1.29 bits per heavy atom. The Kier molecular flexibility index (Phi) is 3.92. The summed E-state index contributed by atoms with van der Waals surface area (Å²) in [4.78, 5) is 28.4. The Balaban J connectivity index is 2.09. The highest BCUT2D eigenvalue weighted by molar-refractivity contribution is 5.88. The van der Waals surface area contributed by atoms with E-state index in [0.29, 0.717) is 11.0 Å². The molecule has 0 aliphatic rings. The van der Waals surface area contributed by atoms with E-state index in [9.17, 15) is 9.59 Å². The van der Waals surface area contributed by atoms with Gasteiger partial charge in [-0.25, -0.2) is 14.5 Å². The van der Waals surface area contributed by atoms with Gasteiger partial charge >= 0.3 is 5.63 Å². The summed E-state index contributed by atoms with van der Waals surface area (Å²) >= 11 is 0. The number of nitrogens with zero attached hydrogens (tertiary/aromatic N) is 3. The molecule has 0 fully saturated rings. The van der Waals surface area contributed by atoms with Gasteiger partial charge < -0.3 is 9.15 Å². The van der Waals surface area contributed by atoms with Crippen molar-refractivity contribution in [1.82, 2.24) is 14.8 Å². The molecule has 0 saturated heterocycles. The van der Waals surface area contributed by atoms with Crippen LogP contribution in [-0.4, -0.2) is 20.5 Å². The van der Waals surface area contributed by atoms with E-state index in [4.69, 9.17) is 9.15 Å². The molecule has 1 atom stereocenters. The van der Waals surface area contributed by atoms with E-state index in [-0.39, 0.29) is 11.5 Å². The van der Waals surface area contributed by atoms with E-state index in [0.717, 1.165) is 0 Å². The van der Waals surface area contributed by atoms with Gasteiger partial charge in [-0.3, -0.25) is 4.79 Å². The lowest BCUT2D eigenvalue weighted by atomic mass is 9.90. The van der Waals surface area contributed by atoms with Crippen LogP contribution in [0.1, 0.15) is 27.0 Å². The van der Waals surface area contributed by atoms with Gasteiger partial charge in [0.05, 0.1) is 11.5 Å². The summed E-state index contributed by atoms with van der Waals surface area (Å²) in [6.07, 6.45) is 1.70. The molecule has 0 radical (unpaired) electrons. The van der Waals surface area contributed by atoms with Gasteiger partial charge in [0.1, 0.15) is 24.0 Å². The first-order valence-corrected chi connectivity index (χ1v) is 7.44. The van der Waals surface area contributed by atoms with Crippen molar-refractivity contribution in [2.24, 2.45) is 5.41 Å². The molecule has 0 aliphatic carbocycles. The van der Waals surface area contributed by atoms with Gasteiger partial charge in [-0.15, -0.1) is 0 Å². The lowest BCUT2D eigenvalue weighted by Gasteiger charge is -2.25. The highest BCUT2D eigenvalue weighted by Gasteiger charge is 2.33. The van der Waals surface area contributed by atoms with Gasteiger partial charge in [-0.2, -0.15) is 5.10 Å². The number of benzene rings is 1. The third-order valence-corrected chi connectivity index (χ3v) is 3.49. The predicted molar refractivity (Wildman–Crippen MR) is 86.6 cm³/mol. The number of ether oxygens (including phenoxy) is 1. The molecule has 124 valence electrons. The van der Waals surface area contributed by atoms with Crippen LogP contribution in [-0.2, 0) is 4.79 Å². The van der Waals surface area contributed by atoms with Crippen molar-refractivity contribution in [2.45, 2.75) is 27.0 Å². The number of hydrogen-bond acceptors (Lipinski definition) is 6. The molecule has 0 N–H and O–H groups in total. The highest BCUT2D eigenvalue weighted by Crippen LogP contribution is 2.30. The summed E-state index contributed by atoms with van der Waals surface area (Å²) in [5, 5.41) is 4.61. The summed E-state index contributed by atoms with van der Waals surface area (Å²) in [6.45, 7) is 5.38. The summed E-state index contributed by atoms with van der Waals surface area (Å²) in [5.41, 5.74) is -0.823. The average Bonchev–Trinajstić information content (AvgIpc) is 3.04. The molecule has 24 heavy (non-hydrogen) atoms. The third-order valence-electron chi connectivity index (χ3n) is 3.49. The third kappa shape index (κ3) is 3.05. The maximum atomic E-state index is 12.8. The van der Waals surface area contributed by atoms with Crippen molar-refractivity contribution in [1.29, 1.82) is 0 Å². The van der Waals surface area contributed by atoms with E-state index < -0.39 is 17.3 Å². The van der Waals surface area contributed by atoms with Crippen molar-refractivity contribution in [3.05, 3.63) is 53.4 Å². The van der Waals surface area contributed by atoms with Crippen LogP contribution in [0.4, 0.5) is 0 Å². The second-order valence-electron chi connectivity index (χ2n) is 6.39. The van der Waals surface area contributed by atoms with Gasteiger partial charge in [0.15, 0.2) is 0 Å². The van der Waals surface area contributed by atoms with E-state index in [1.54, 1.807) is 45.0 Å². The standard InChI is InChI=1S/C17H17N3O4/c1-17(2,3)15(22)16(20-10-18-9-19-20)24-13-8-14(21)23-12-7-5-4-6-11(12)13/h4-10,16H,1-3H3. The van der Waals surface area contributed by atoms with Crippen molar-refractivity contribution < 1.29 is 13.9 Å². The predicted octanol–water partition coefficient (Wildman–Crippen LogP) is 2.58. The molecule has 3 rings (SSSR count). The summed E-state index contributed by atoms with van der Waals surface area (Å²) in [5.74, 6) is 0.0743. The van der Waals surface area contributed by atoms with Crippen LogP contribution in [0, 0.1) is 5.41 Å². The fourth-order valence-corrected chi connectivity index (χ4v) is 2.24. The Morgan fingerprint density at radius 2 is 2.04 bits per heavy atom. The fourth-order valence-electron chi connectivity index (χ4n) is 2.24. The zero-order valence-electron chi connectivity index (χ0n) is 13.6. The van der Waals surface area contributed by atoms with Crippen LogP contribution < -0.4 is 10.4 Å². The number of carbonyl (C=O) groups is 1. The second-order valence-corrected chi connectivity index (χ2v) is 6.39. The van der Waals surface area contributed by atoms with Gasteiger partial charge in [0, 0.05) is 5.41 Å². The van der Waals surface area contributed by atoms with E-state index in [2.05, 4.69) is 10.1 Å². The normalized spacial score (nSPS) is 13.0. The number of fused-ring (bicyclic) bond motifs is 1. The van der Waals surface area contributed by atoms with Crippen molar-refractivity contribution in [3.63, 3.8) is 0 Å². The Morgan fingerprint density at radius 3 is 2.71 bits per heavy atom. The van der Waals surface area contributed by atoms with E-state index in [1.807, 2.05) is 0 Å². The lowest BCUT2D eigenvalue weighted by Crippen LogP contribution is -2.34. The molecule has 2 heterocycles. The van der Waals surface area contributed by atoms with Crippen LogP contribution in [0.2, 0.25) is 0 Å². The molecule has 0 amide bonds. The number of aromatic nitrogens is 3. The number of para-hydroxylation sites is 1. The first-order valence-electron chi connectivity index (χ1n) is 7.44. The monoisotopic (exact) mass is 327 g/mol. The Hall–Kier alpha value is -2.96. The first-order chi connectivity index (χ1) is 11.4. The molecule has 0 saturated carbocycles. The number of Topliss-reactive ketones (excluding diaryl/α,β-unsaturated/α-hetero) is 1. The summed E-state index contributed by atoms with van der Waals surface area (Å²) < 4.78 is 12.4. The fraction of sp³-hybridized carbons (Fsp3) is 0.294. The largest absolute Gasteiger partial charge is 0.460 e. The molecular weight excluding hydrogens is 310 g/mol. The molecule has 7 nitrogen and oxygen atoms in total. The zero-order chi connectivity index (χ0) is 17.3. The minimum atomic E-state index is -1.03. The van der Waals surface area contributed by atoms with E-state index >= 15 is 0 Å². The lowest BCUT2D eigenvalue weighted by molar-refractivity contribution is -0.138. The van der Waals surface area contributed by atoms with E-state index in [1.165, 1.54) is 23.4 Å². The highest BCUT2D eigenvalue weighted by atomic mass is 16.5. The number of ketones is 1. The molecule has 1 aromatic carbocycles. The molecule has 1 unspecified atom stereocenters. The summed E-state index contributed by atoms with van der Waals surface area (Å²) in [7, 11) is 0. The van der Waals surface area contributed by atoms with Crippen molar-refractivity contribution in [3.8, 4) is 5.75 Å². The Labute approximate surface area is 137 Å². The quantitative estimate of drug-likeness (QED) is 0.684. The van der Waals surface area contributed by atoms with Crippen LogP contribution in [0.25, 0.3) is 11.0 Å². The van der Waals surface area contributed by atoms with Gasteiger partial charge in [0.2, 0.25) is 5.78 Å². The van der Waals surface area contributed by atoms with Gasteiger partial charge in [-0.1, -0.05) is 32.9 Å². The molecule has 2 aromatic heterocycles. The smallest absolute Gasteiger partial charge is 0.339 e. The number of carbonyl (C=O) groups excluding carboxylic acids is 1. The van der Waals surface area contributed by atoms with Crippen LogP contribution in [0.5, 0.6) is 5.75 Å². The molecular formula is C17H17N3O4.